The Morgan fingerprint density at radius 3 is 2.40 bits per heavy atom. The molecule has 62 heavy (non-hydrogen) atoms. The summed E-state index contributed by atoms with van der Waals surface area (Å²) in [5.41, 5.74) is 11.6. The summed E-state index contributed by atoms with van der Waals surface area (Å²) in [4.78, 5) is 102. The zero-order chi connectivity index (χ0) is 46.3. The molecule has 0 aromatic heterocycles. The third-order valence-corrected chi connectivity index (χ3v) is 11.9. The van der Waals surface area contributed by atoms with Crippen molar-refractivity contribution in [2.75, 3.05) is 39.6 Å². The van der Waals surface area contributed by atoms with Crippen LogP contribution in [-0.2, 0) is 47.8 Å². The maximum absolute atomic E-state index is 14.0. The van der Waals surface area contributed by atoms with Crippen LogP contribution in [-0.4, -0.2) is 138 Å². The number of carboxylic acids is 1. The van der Waals surface area contributed by atoms with Gasteiger partial charge in [0.1, 0.15) is 12.1 Å². The second kappa shape index (κ2) is 24.5. The predicted molar refractivity (Wildman–Crippen MR) is 228 cm³/mol. The first-order valence-electron chi connectivity index (χ1n) is 20.3. The molecule has 0 saturated carbocycles. The van der Waals surface area contributed by atoms with Crippen LogP contribution in [0.15, 0.2) is 58.5 Å². The molecule has 8 atom stereocenters. The first-order chi connectivity index (χ1) is 29.3. The number of rotatable bonds is 16. The zero-order valence-electron chi connectivity index (χ0n) is 36.0. The Bertz CT molecular complexity index is 1880. The Kier molecular flexibility index (Phi) is 20.2. The number of fused-ring (bicyclic) bond motifs is 2. The summed E-state index contributed by atoms with van der Waals surface area (Å²) in [5.74, 6) is -4.99. The molecule has 1 fully saturated rings. The summed E-state index contributed by atoms with van der Waals surface area (Å²) in [6.45, 7) is 7.24. The highest BCUT2D eigenvalue weighted by Gasteiger charge is 2.39. The van der Waals surface area contributed by atoms with E-state index in [-0.39, 0.29) is 91.9 Å². The Hall–Kier alpha value is -5.15. The van der Waals surface area contributed by atoms with Crippen molar-refractivity contribution < 1.29 is 62.8 Å². The number of imide groups is 1. The van der Waals surface area contributed by atoms with Crippen molar-refractivity contribution in [3.8, 4) is 0 Å². The average Bonchev–Trinajstić information content (AvgIpc) is 3.48. The number of nitrogens with one attached hydrogen (secondary N) is 3. The number of nitrogens with zero attached hydrogens (tertiary/aromatic N) is 1. The average molecular weight is 889 g/mol. The molecule has 20 heteroatoms. The SMILES string of the molecule is CO[C@H]1/C=C/C=C(/C)C(=O)NC2=CC(=O)C(NCCCNC(=O)CCCN3C(=O)CC(SC[C@H](N)C(=O)O)C3=O)=C(C[C@@H](C)C[C@H](OC)[C@H](O)[C@@H](C)/C=C(\C)[C@@H]1OC(N)=O)C2=O. The molecule has 342 valence electrons. The molecule has 0 aromatic rings. The number of primary amides is 1. The van der Waals surface area contributed by atoms with E-state index in [1.54, 1.807) is 26.0 Å². The highest BCUT2D eigenvalue weighted by atomic mass is 32.2. The number of carboxylic acid groups (broad SMARTS) is 1. The minimum Gasteiger partial charge on any atom is -0.480 e. The maximum Gasteiger partial charge on any atom is 0.405 e. The van der Waals surface area contributed by atoms with Crippen molar-refractivity contribution >= 4 is 59.0 Å². The van der Waals surface area contributed by atoms with Gasteiger partial charge < -0.3 is 51.8 Å². The number of amides is 5. The van der Waals surface area contributed by atoms with Crippen LogP contribution in [0.25, 0.3) is 0 Å². The van der Waals surface area contributed by atoms with Crippen LogP contribution in [0.2, 0.25) is 0 Å². The van der Waals surface area contributed by atoms with Crippen molar-refractivity contribution in [2.45, 2.75) is 102 Å². The molecule has 2 bridgehead atoms. The van der Waals surface area contributed by atoms with Gasteiger partial charge in [0.25, 0.3) is 5.91 Å². The quantitative estimate of drug-likeness (QED) is 0.0491. The van der Waals surface area contributed by atoms with Gasteiger partial charge in [0.05, 0.1) is 28.9 Å². The van der Waals surface area contributed by atoms with Gasteiger partial charge in [-0.05, 0) is 51.0 Å². The molecule has 3 aliphatic rings. The smallest absolute Gasteiger partial charge is 0.405 e. The lowest BCUT2D eigenvalue weighted by Crippen LogP contribution is -2.38. The number of thioether (sulfide) groups is 1. The summed E-state index contributed by atoms with van der Waals surface area (Å²) >= 11 is 1.02. The van der Waals surface area contributed by atoms with Gasteiger partial charge in [-0.3, -0.25) is 38.5 Å². The fraction of sp³-hybridized carbons (Fsp3) is 0.571. The number of aliphatic hydroxyl groups excluding tert-OH is 1. The lowest BCUT2D eigenvalue weighted by Gasteiger charge is -2.30. The van der Waals surface area contributed by atoms with E-state index in [4.69, 9.17) is 30.8 Å². The molecule has 0 aromatic carbocycles. The Balaban J connectivity index is 1.71. The number of hydrogen-bond donors (Lipinski definition) is 7. The third kappa shape index (κ3) is 14.7. The van der Waals surface area contributed by atoms with Crippen LogP contribution in [0.3, 0.4) is 0 Å². The van der Waals surface area contributed by atoms with E-state index in [2.05, 4.69) is 16.0 Å². The molecule has 1 unspecified atom stereocenters. The molecule has 0 radical (unpaired) electrons. The normalized spacial score (nSPS) is 28.3. The highest BCUT2D eigenvalue weighted by molar-refractivity contribution is 8.00. The first-order valence-corrected chi connectivity index (χ1v) is 21.4. The molecule has 9 N–H and O–H groups in total. The van der Waals surface area contributed by atoms with Crippen LogP contribution >= 0.6 is 11.8 Å². The van der Waals surface area contributed by atoms with E-state index < -0.39 is 83.0 Å². The van der Waals surface area contributed by atoms with Gasteiger partial charge in [-0.25, -0.2) is 4.79 Å². The monoisotopic (exact) mass is 888 g/mol. The summed E-state index contributed by atoms with van der Waals surface area (Å²) in [6.07, 6.45) is 3.55. The number of hydrogen-bond acceptors (Lipinski definition) is 15. The number of methoxy groups -OCH3 is 2. The number of aliphatic carboxylic acids is 1. The van der Waals surface area contributed by atoms with E-state index in [1.165, 1.54) is 33.3 Å². The molecule has 1 saturated heterocycles. The molecule has 0 spiro atoms. The van der Waals surface area contributed by atoms with Crippen molar-refractivity contribution in [2.24, 2.45) is 23.3 Å². The van der Waals surface area contributed by atoms with Crippen LogP contribution in [0, 0.1) is 11.8 Å². The third-order valence-electron chi connectivity index (χ3n) is 10.6. The maximum atomic E-state index is 14.0. The number of aliphatic hydroxyl groups is 1. The number of allylic oxidation sites excluding steroid dienone is 4. The Morgan fingerprint density at radius 2 is 1.76 bits per heavy atom. The summed E-state index contributed by atoms with van der Waals surface area (Å²) in [6, 6.07) is -1.16. The second-order valence-corrected chi connectivity index (χ2v) is 16.8. The number of ether oxygens (including phenoxy) is 3. The summed E-state index contributed by atoms with van der Waals surface area (Å²) in [5, 5.41) is 28.0. The van der Waals surface area contributed by atoms with Gasteiger partial charge in [-0.15, -0.1) is 11.8 Å². The molecule has 1 aliphatic carbocycles. The van der Waals surface area contributed by atoms with Crippen LogP contribution in [0.4, 0.5) is 4.79 Å². The molecule has 19 nitrogen and oxygen atoms in total. The first kappa shape index (κ1) is 51.2. The van der Waals surface area contributed by atoms with E-state index in [1.807, 2.05) is 6.92 Å². The number of carbonyl (C=O) groups excluding carboxylic acids is 7. The topological polar surface area (TPSA) is 296 Å². The van der Waals surface area contributed by atoms with Gasteiger partial charge >= 0.3 is 12.1 Å². The van der Waals surface area contributed by atoms with Crippen molar-refractivity contribution in [1.82, 2.24) is 20.9 Å². The van der Waals surface area contributed by atoms with E-state index in [0.717, 1.165) is 22.7 Å². The summed E-state index contributed by atoms with van der Waals surface area (Å²) in [7, 11) is 2.85. The van der Waals surface area contributed by atoms with Gasteiger partial charge in [0.2, 0.25) is 29.3 Å². The summed E-state index contributed by atoms with van der Waals surface area (Å²) < 4.78 is 16.7. The zero-order valence-corrected chi connectivity index (χ0v) is 36.8. The van der Waals surface area contributed by atoms with Crippen molar-refractivity contribution in [1.29, 1.82) is 0 Å². The fourth-order valence-corrected chi connectivity index (χ4v) is 8.22. The van der Waals surface area contributed by atoms with Gasteiger partial charge in [0, 0.05) is 75.6 Å². The number of Topliss-reactive ketones (excluding diaryl/α,β-unsaturated/α-hetero) is 1. The van der Waals surface area contributed by atoms with Crippen molar-refractivity contribution in [3.05, 3.63) is 58.5 Å². The van der Waals surface area contributed by atoms with E-state index >= 15 is 0 Å². The molecule has 3 rings (SSSR count). The Morgan fingerprint density at radius 1 is 1.05 bits per heavy atom. The standard InChI is InChI=1S/C42H60N6O13S/c1-22-16-26-35(46-14-9-13-45-33(50)12-8-15-48-34(51)20-32(40(48)55)62-21-27(43)41(56)57)29(49)19-28(37(26)53)47-39(54)23(2)10-7-11-30(59-5)38(61-42(44)58)25(4)18-24(3)36(52)31(17-22)60-6/h7,10-11,18-19,22,24,27,30-32,36,38,46,52H,8-9,12-17,20-21,43H2,1-6H3,(H2,44,58)(H,45,50)(H,47,54)(H,56,57)/b11-7+,23-10-,25-18+/t22-,24+,27+,30+,31+,32?,36-,38+/m1/s1. The van der Waals surface area contributed by atoms with E-state index in [0.29, 0.717) is 12.0 Å². The van der Waals surface area contributed by atoms with Gasteiger partial charge in [0.15, 0.2) is 6.10 Å². The van der Waals surface area contributed by atoms with Crippen LogP contribution in [0.1, 0.15) is 66.2 Å². The van der Waals surface area contributed by atoms with Crippen molar-refractivity contribution in [3.63, 3.8) is 0 Å². The Labute approximate surface area is 365 Å². The molecular formula is C42H60N6O13S. The molecule has 2 aliphatic heterocycles. The number of likely N-dealkylation sites (tertiary alicyclic amines) is 1. The van der Waals surface area contributed by atoms with E-state index in [9.17, 15) is 43.5 Å². The van der Waals surface area contributed by atoms with Gasteiger partial charge in [-0.2, -0.15) is 0 Å². The predicted octanol–water partition coefficient (Wildman–Crippen LogP) is 0.911. The minimum atomic E-state index is -1.20. The lowest BCUT2D eigenvalue weighted by molar-refractivity contribution is -0.139. The minimum absolute atomic E-state index is 0.0213. The number of carbonyl (C=O) groups is 8. The second-order valence-electron chi connectivity index (χ2n) is 15.5. The lowest BCUT2D eigenvalue weighted by atomic mass is 9.85. The molecular weight excluding hydrogens is 829 g/mol. The largest absolute Gasteiger partial charge is 0.480 e. The number of ketones is 2. The molecule has 2 heterocycles. The van der Waals surface area contributed by atoms with Crippen LogP contribution < -0.4 is 27.4 Å². The fourth-order valence-electron chi connectivity index (χ4n) is 7.10. The van der Waals surface area contributed by atoms with Gasteiger partial charge in [-0.1, -0.05) is 38.2 Å². The van der Waals surface area contributed by atoms with Crippen LogP contribution in [0.5, 0.6) is 0 Å². The molecule has 5 amide bonds. The highest BCUT2D eigenvalue weighted by Crippen LogP contribution is 2.29. The number of nitrogens with two attached hydrogens (primary N) is 2.